The minimum atomic E-state index is -3.80. The van der Waals surface area contributed by atoms with Gasteiger partial charge in [-0.1, -0.05) is 35.3 Å². The summed E-state index contributed by atoms with van der Waals surface area (Å²) in [6.07, 6.45) is 2.60. The molecule has 0 aliphatic carbocycles. The number of nitrogens with one attached hydrogen (secondary N) is 1. The van der Waals surface area contributed by atoms with Gasteiger partial charge in [0.1, 0.15) is 4.90 Å². The highest BCUT2D eigenvalue weighted by atomic mass is 35.5. The lowest BCUT2D eigenvalue weighted by atomic mass is 10.3. The standard InChI is InChI=1S/C11H8Cl2N2O2S/c12-8-3-1-2-4-10(8)15-18(16,17)11-7-14-6-5-9(11)13/h1-7,15H. The fourth-order valence-corrected chi connectivity index (χ4v) is 3.06. The molecule has 2 aromatic rings. The van der Waals surface area contributed by atoms with Crippen LogP contribution in [0.2, 0.25) is 10.0 Å². The Kier molecular flexibility index (Phi) is 3.75. The zero-order chi connectivity index (χ0) is 13.2. The molecule has 1 heterocycles. The SMILES string of the molecule is O=S(=O)(Nc1ccccc1Cl)c1cnccc1Cl. The fraction of sp³-hybridized carbons (Fsp3) is 0. The molecule has 0 radical (unpaired) electrons. The summed E-state index contributed by atoms with van der Waals surface area (Å²) in [4.78, 5) is 3.65. The van der Waals surface area contributed by atoms with E-state index >= 15 is 0 Å². The van der Waals surface area contributed by atoms with Crippen molar-refractivity contribution >= 4 is 38.9 Å². The quantitative estimate of drug-likeness (QED) is 0.947. The van der Waals surface area contributed by atoms with Crippen LogP contribution in [0.4, 0.5) is 5.69 Å². The van der Waals surface area contributed by atoms with Gasteiger partial charge in [-0.2, -0.15) is 0 Å². The lowest BCUT2D eigenvalue weighted by molar-refractivity contribution is 0.601. The molecule has 18 heavy (non-hydrogen) atoms. The smallest absolute Gasteiger partial charge is 0.264 e. The first-order valence-electron chi connectivity index (χ1n) is 4.87. The third kappa shape index (κ3) is 2.75. The molecule has 0 aliphatic rings. The normalized spacial score (nSPS) is 11.2. The van der Waals surface area contributed by atoms with Gasteiger partial charge in [-0.15, -0.1) is 0 Å². The second-order valence-corrected chi connectivity index (χ2v) is 5.86. The van der Waals surface area contributed by atoms with Crippen molar-refractivity contribution in [2.75, 3.05) is 4.72 Å². The molecule has 0 fully saturated rings. The van der Waals surface area contributed by atoms with Crippen LogP contribution in [-0.4, -0.2) is 13.4 Å². The number of hydrogen-bond donors (Lipinski definition) is 1. The van der Waals surface area contributed by atoms with E-state index in [-0.39, 0.29) is 9.92 Å². The molecule has 0 amide bonds. The molecule has 1 N–H and O–H groups in total. The second-order valence-electron chi connectivity index (χ2n) is 3.39. The van der Waals surface area contributed by atoms with Crippen LogP contribution >= 0.6 is 23.2 Å². The lowest BCUT2D eigenvalue weighted by Crippen LogP contribution is -2.14. The van der Waals surface area contributed by atoms with Crippen LogP contribution in [0.3, 0.4) is 0 Å². The summed E-state index contributed by atoms with van der Waals surface area (Å²) in [5, 5.41) is 0.408. The summed E-state index contributed by atoms with van der Waals surface area (Å²) < 4.78 is 26.5. The van der Waals surface area contributed by atoms with Crippen LogP contribution in [-0.2, 0) is 10.0 Å². The molecule has 1 aromatic carbocycles. The van der Waals surface area contributed by atoms with Gasteiger partial charge in [-0.05, 0) is 18.2 Å². The van der Waals surface area contributed by atoms with E-state index in [0.717, 1.165) is 0 Å². The Hall–Kier alpha value is -1.30. The minimum absolute atomic E-state index is 0.0911. The molecule has 4 nitrogen and oxygen atoms in total. The minimum Gasteiger partial charge on any atom is -0.278 e. The molecule has 0 atom stereocenters. The van der Waals surface area contributed by atoms with E-state index in [1.165, 1.54) is 18.5 Å². The number of halogens is 2. The largest absolute Gasteiger partial charge is 0.278 e. The highest BCUT2D eigenvalue weighted by molar-refractivity contribution is 7.92. The monoisotopic (exact) mass is 302 g/mol. The molecule has 0 bridgehead atoms. The first-order chi connectivity index (χ1) is 8.50. The van der Waals surface area contributed by atoms with Gasteiger partial charge in [0.05, 0.1) is 15.7 Å². The maximum Gasteiger partial charge on any atom is 0.264 e. The number of hydrogen-bond acceptors (Lipinski definition) is 3. The van der Waals surface area contributed by atoms with Crippen molar-refractivity contribution in [3.05, 3.63) is 52.8 Å². The van der Waals surface area contributed by atoms with Crippen LogP contribution in [0.5, 0.6) is 0 Å². The van der Waals surface area contributed by atoms with Crippen molar-refractivity contribution < 1.29 is 8.42 Å². The van der Waals surface area contributed by atoms with Crippen molar-refractivity contribution in [2.45, 2.75) is 4.90 Å². The van der Waals surface area contributed by atoms with Crippen molar-refractivity contribution in [3.63, 3.8) is 0 Å². The Morgan fingerprint density at radius 1 is 1.06 bits per heavy atom. The number of nitrogens with zero attached hydrogens (tertiary/aromatic N) is 1. The molecule has 94 valence electrons. The van der Waals surface area contributed by atoms with Crippen LogP contribution in [0.15, 0.2) is 47.6 Å². The number of rotatable bonds is 3. The zero-order valence-electron chi connectivity index (χ0n) is 8.97. The third-order valence-electron chi connectivity index (χ3n) is 2.14. The van der Waals surface area contributed by atoms with E-state index in [9.17, 15) is 8.42 Å². The fourth-order valence-electron chi connectivity index (χ4n) is 1.30. The molecular weight excluding hydrogens is 295 g/mol. The summed E-state index contributed by atoms with van der Waals surface area (Å²) in [7, 11) is -3.80. The molecule has 7 heteroatoms. The highest BCUT2D eigenvalue weighted by Gasteiger charge is 2.18. The third-order valence-corrected chi connectivity index (χ3v) is 4.31. The van der Waals surface area contributed by atoms with Gasteiger partial charge in [0.25, 0.3) is 10.0 Å². The van der Waals surface area contributed by atoms with Crippen molar-refractivity contribution in [1.82, 2.24) is 4.98 Å². The molecule has 1 aromatic heterocycles. The Bertz CT molecular complexity index is 674. The topological polar surface area (TPSA) is 59.1 Å². The summed E-state index contributed by atoms with van der Waals surface area (Å²) in [6.45, 7) is 0. The molecule has 0 saturated carbocycles. The number of para-hydroxylation sites is 1. The van der Waals surface area contributed by atoms with Gasteiger partial charge in [-0.25, -0.2) is 8.42 Å². The maximum absolute atomic E-state index is 12.1. The van der Waals surface area contributed by atoms with Crippen molar-refractivity contribution in [2.24, 2.45) is 0 Å². The number of aromatic nitrogens is 1. The number of pyridine rings is 1. The molecule has 2 rings (SSSR count). The van der Waals surface area contributed by atoms with Crippen LogP contribution in [0, 0.1) is 0 Å². The summed E-state index contributed by atoms with van der Waals surface area (Å²) in [6, 6.07) is 7.93. The molecule has 0 unspecified atom stereocenters. The van der Waals surface area contributed by atoms with Crippen molar-refractivity contribution in [3.8, 4) is 0 Å². The first kappa shape index (κ1) is 13.1. The summed E-state index contributed by atoms with van der Waals surface area (Å²) in [5.41, 5.74) is 0.291. The lowest BCUT2D eigenvalue weighted by Gasteiger charge is -2.09. The summed E-state index contributed by atoms with van der Waals surface area (Å²) >= 11 is 11.7. The van der Waals surface area contributed by atoms with E-state index in [0.29, 0.717) is 10.7 Å². The van der Waals surface area contributed by atoms with Gasteiger partial charge in [0.15, 0.2) is 0 Å². The Balaban J connectivity index is 2.40. The molecule has 0 saturated heterocycles. The van der Waals surface area contributed by atoms with Crippen LogP contribution < -0.4 is 4.72 Å². The number of benzene rings is 1. The van der Waals surface area contributed by atoms with Crippen LogP contribution in [0.1, 0.15) is 0 Å². The van der Waals surface area contributed by atoms with Gasteiger partial charge in [0, 0.05) is 12.4 Å². The second kappa shape index (κ2) is 5.14. The maximum atomic E-state index is 12.1. The predicted octanol–water partition coefficient (Wildman–Crippen LogP) is 3.19. The van der Waals surface area contributed by atoms with Gasteiger partial charge in [-0.3, -0.25) is 9.71 Å². The van der Waals surface area contributed by atoms with E-state index < -0.39 is 10.0 Å². The Morgan fingerprint density at radius 2 is 1.78 bits per heavy atom. The van der Waals surface area contributed by atoms with Gasteiger partial charge >= 0.3 is 0 Å². The average Bonchev–Trinajstić information content (AvgIpc) is 2.32. The van der Waals surface area contributed by atoms with Gasteiger partial charge < -0.3 is 0 Å². The van der Waals surface area contributed by atoms with Gasteiger partial charge in [0.2, 0.25) is 0 Å². The van der Waals surface area contributed by atoms with Crippen molar-refractivity contribution in [1.29, 1.82) is 0 Å². The van der Waals surface area contributed by atoms with E-state index in [1.54, 1.807) is 24.3 Å². The number of anilines is 1. The van der Waals surface area contributed by atoms with E-state index in [4.69, 9.17) is 23.2 Å². The summed E-state index contributed by atoms with van der Waals surface area (Å²) in [5.74, 6) is 0. The average molecular weight is 303 g/mol. The van der Waals surface area contributed by atoms with E-state index in [2.05, 4.69) is 9.71 Å². The van der Waals surface area contributed by atoms with E-state index in [1.807, 2.05) is 0 Å². The zero-order valence-corrected chi connectivity index (χ0v) is 11.3. The number of sulfonamides is 1. The highest BCUT2D eigenvalue weighted by Crippen LogP contribution is 2.26. The first-order valence-corrected chi connectivity index (χ1v) is 7.11. The Labute approximate surface area is 115 Å². The Morgan fingerprint density at radius 3 is 2.44 bits per heavy atom. The molecule has 0 spiro atoms. The molecule has 0 aliphatic heterocycles. The van der Waals surface area contributed by atoms with Crippen LogP contribution in [0.25, 0.3) is 0 Å². The molecular formula is C11H8Cl2N2O2S. The predicted molar refractivity (Wildman–Crippen MR) is 71.5 cm³/mol.